The SMILES string of the molecule is CCC(CC(=O)O)NC(C)=O.O=CNC(Cc1cnc[nH]1)C(=O)O. The Hall–Kier alpha value is -2.91. The molecule has 0 aliphatic rings. The average Bonchev–Trinajstić information content (AvgIpc) is 2.98. The second-order valence-electron chi connectivity index (χ2n) is 4.86. The fraction of sp³-hybridized carbons (Fsp3) is 0.500. The van der Waals surface area contributed by atoms with E-state index < -0.39 is 18.0 Å². The highest BCUT2D eigenvalue weighted by Crippen LogP contribution is 1.98. The van der Waals surface area contributed by atoms with Gasteiger partial charge in [-0.15, -0.1) is 0 Å². The summed E-state index contributed by atoms with van der Waals surface area (Å²) >= 11 is 0. The molecule has 0 aliphatic heterocycles. The molecule has 0 fully saturated rings. The van der Waals surface area contributed by atoms with Gasteiger partial charge in [0.25, 0.3) is 0 Å². The van der Waals surface area contributed by atoms with E-state index in [2.05, 4.69) is 20.6 Å². The van der Waals surface area contributed by atoms with Crippen molar-refractivity contribution in [3.63, 3.8) is 0 Å². The first-order valence-corrected chi connectivity index (χ1v) is 7.18. The minimum Gasteiger partial charge on any atom is -0.481 e. The number of carbonyl (C=O) groups is 4. The first-order valence-electron chi connectivity index (χ1n) is 7.18. The number of rotatable bonds is 9. The van der Waals surface area contributed by atoms with Crippen molar-refractivity contribution in [2.45, 2.75) is 45.2 Å². The van der Waals surface area contributed by atoms with Gasteiger partial charge < -0.3 is 25.8 Å². The van der Waals surface area contributed by atoms with E-state index in [1.165, 1.54) is 19.4 Å². The maximum atomic E-state index is 10.6. The zero-order valence-electron chi connectivity index (χ0n) is 13.5. The molecule has 0 saturated carbocycles. The smallest absolute Gasteiger partial charge is 0.326 e. The number of aromatic nitrogens is 2. The average molecular weight is 342 g/mol. The van der Waals surface area contributed by atoms with Crippen molar-refractivity contribution < 1.29 is 29.4 Å². The van der Waals surface area contributed by atoms with Crippen molar-refractivity contribution in [2.75, 3.05) is 0 Å². The quantitative estimate of drug-likeness (QED) is 0.379. The third kappa shape index (κ3) is 9.92. The van der Waals surface area contributed by atoms with Crippen LogP contribution in [0.2, 0.25) is 0 Å². The molecule has 24 heavy (non-hydrogen) atoms. The van der Waals surface area contributed by atoms with Gasteiger partial charge in [-0.3, -0.25) is 14.4 Å². The Morgan fingerprint density at radius 3 is 2.42 bits per heavy atom. The molecular formula is C14H22N4O6. The summed E-state index contributed by atoms with van der Waals surface area (Å²) < 4.78 is 0. The number of hydrogen-bond acceptors (Lipinski definition) is 5. The largest absolute Gasteiger partial charge is 0.481 e. The van der Waals surface area contributed by atoms with Crippen molar-refractivity contribution in [3.8, 4) is 0 Å². The second kappa shape index (κ2) is 11.6. The van der Waals surface area contributed by atoms with E-state index in [0.29, 0.717) is 18.5 Å². The summed E-state index contributed by atoms with van der Waals surface area (Å²) in [4.78, 5) is 47.8. The van der Waals surface area contributed by atoms with E-state index in [1.54, 1.807) is 0 Å². The zero-order chi connectivity index (χ0) is 18.5. The molecule has 10 nitrogen and oxygen atoms in total. The minimum absolute atomic E-state index is 0.00389. The molecule has 10 heteroatoms. The number of amides is 2. The number of aromatic amines is 1. The molecule has 5 N–H and O–H groups in total. The molecule has 1 heterocycles. The molecule has 0 aromatic carbocycles. The summed E-state index contributed by atoms with van der Waals surface area (Å²) in [6, 6.07) is -1.14. The zero-order valence-corrected chi connectivity index (χ0v) is 13.5. The minimum atomic E-state index is -1.07. The number of hydrogen-bond donors (Lipinski definition) is 5. The number of imidazole rings is 1. The van der Waals surface area contributed by atoms with E-state index in [-0.39, 0.29) is 24.8 Å². The Balaban J connectivity index is 0.000000449. The van der Waals surface area contributed by atoms with Crippen LogP contribution in [-0.4, -0.2) is 56.5 Å². The van der Waals surface area contributed by atoms with Gasteiger partial charge in [-0.05, 0) is 6.42 Å². The van der Waals surface area contributed by atoms with Crippen molar-refractivity contribution in [1.82, 2.24) is 20.6 Å². The summed E-state index contributed by atoms with van der Waals surface area (Å²) in [6.07, 6.45) is 4.18. The topological polar surface area (TPSA) is 161 Å². The predicted octanol–water partition coefficient (Wildman–Crippen LogP) is -0.473. The van der Waals surface area contributed by atoms with Gasteiger partial charge in [-0.2, -0.15) is 0 Å². The van der Waals surface area contributed by atoms with Crippen molar-refractivity contribution in [3.05, 3.63) is 18.2 Å². The molecule has 0 radical (unpaired) electrons. The molecule has 1 aromatic rings. The Bertz CT molecular complexity index is 515. The lowest BCUT2D eigenvalue weighted by molar-refractivity contribution is -0.140. The summed E-state index contributed by atoms with van der Waals surface area (Å²) in [5.41, 5.74) is 0.668. The molecular weight excluding hydrogens is 320 g/mol. The lowest BCUT2D eigenvalue weighted by Gasteiger charge is -2.12. The van der Waals surface area contributed by atoms with Crippen molar-refractivity contribution in [1.29, 1.82) is 0 Å². The second-order valence-corrected chi connectivity index (χ2v) is 4.86. The van der Waals surface area contributed by atoms with Crippen molar-refractivity contribution >= 4 is 24.3 Å². The lowest BCUT2D eigenvalue weighted by Crippen LogP contribution is -2.37. The number of carboxylic acids is 2. The molecule has 0 saturated heterocycles. The Morgan fingerprint density at radius 2 is 2.04 bits per heavy atom. The Morgan fingerprint density at radius 1 is 1.38 bits per heavy atom. The van der Waals surface area contributed by atoms with E-state index >= 15 is 0 Å². The molecule has 0 bridgehead atoms. The highest BCUT2D eigenvalue weighted by Gasteiger charge is 2.17. The van der Waals surface area contributed by atoms with Gasteiger partial charge in [-0.25, -0.2) is 9.78 Å². The normalized spacial score (nSPS) is 12.1. The van der Waals surface area contributed by atoms with E-state index in [0.717, 1.165) is 0 Å². The third-order valence-corrected chi connectivity index (χ3v) is 2.87. The number of nitrogens with one attached hydrogen (secondary N) is 3. The Kier molecular flexibility index (Phi) is 10.2. The van der Waals surface area contributed by atoms with Crippen LogP contribution in [-0.2, 0) is 25.6 Å². The van der Waals surface area contributed by atoms with Crippen LogP contribution in [0.3, 0.4) is 0 Å². The molecule has 2 unspecified atom stereocenters. The van der Waals surface area contributed by atoms with E-state index in [1.807, 2.05) is 6.92 Å². The van der Waals surface area contributed by atoms with Crippen LogP contribution in [0.5, 0.6) is 0 Å². The van der Waals surface area contributed by atoms with E-state index in [9.17, 15) is 19.2 Å². The number of aliphatic carboxylic acids is 2. The predicted molar refractivity (Wildman–Crippen MR) is 83.1 cm³/mol. The Labute approximate surface area is 138 Å². The molecule has 2 atom stereocenters. The first-order chi connectivity index (χ1) is 11.3. The lowest BCUT2D eigenvalue weighted by atomic mass is 10.1. The number of carbonyl (C=O) groups excluding carboxylic acids is 2. The standard InChI is InChI=1S/C7H9N3O3.C7H13NO3/c11-4-10-6(7(12)13)1-5-2-8-3-9-5;1-3-6(4-7(10)11)8-5(2)9/h2-4,6H,1H2,(H,8,9)(H,10,11)(H,12,13);6H,3-4H2,1-2H3,(H,8,9)(H,10,11). The van der Waals surface area contributed by atoms with Gasteiger partial charge in [-0.1, -0.05) is 6.92 Å². The fourth-order valence-corrected chi connectivity index (χ4v) is 1.71. The molecule has 2 amide bonds. The number of nitrogens with zero attached hydrogens (tertiary/aromatic N) is 1. The van der Waals surface area contributed by atoms with Gasteiger partial charge in [0.05, 0.1) is 12.7 Å². The van der Waals surface area contributed by atoms with Gasteiger partial charge in [0.15, 0.2) is 0 Å². The van der Waals surface area contributed by atoms with Gasteiger partial charge in [0.2, 0.25) is 12.3 Å². The van der Waals surface area contributed by atoms with Gasteiger partial charge in [0.1, 0.15) is 6.04 Å². The molecule has 1 aromatic heterocycles. The number of H-pyrrole nitrogens is 1. The maximum Gasteiger partial charge on any atom is 0.326 e. The van der Waals surface area contributed by atoms with Crippen LogP contribution < -0.4 is 10.6 Å². The monoisotopic (exact) mass is 342 g/mol. The summed E-state index contributed by atoms with van der Waals surface area (Å²) in [6.45, 7) is 3.22. The van der Waals surface area contributed by atoms with Gasteiger partial charge >= 0.3 is 11.9 Å². The van der Waals surface area contributed by atoms with Crippen molar-refractivity contribution in [2.24, 2.45) is 0 Å². The van der Waals surface area contributed by atoms with Crippen LogP contribution >= 0.6 is 0 Å². The molecule has 0 aliphatic carbocycles. The highest BCUT2D eigenvalue weighted by molar-refractivity contribution is 5.76. The third-order valence-electron chi connectivity index (χ3n) is 2.87. The van der Waals surface area contributed by atoms with E-state index in [4.69, 9.17) is 10.2 Å². The summed E-state index contributed by atoms with van der Waals surface area (Å²) in [5, 5.41) is 21.8. The van der Waals surface area contributed by atoms with Crippen LogP contribution in [0.1, 0.15) is 32.4 Å². The highest BCUT2D eigenvalue weighted by atomic mass is 16.4. The van der Waals surface area contributed by atoms with Crippen LogP contribution in [0.25, 0.3) is 0 Å². The summed E-state index contributed by atoms with van der Waals surface area (Å²) in [7, 11) is 0. The van der Waals surface area contributed by atoms with Gasteiger partial charge in [0, 0.05) is 31.3 Å². The fourth-order valence-electron chi connectivity index (χ4n) is 1.71. The molecule has 1 rings (SSSR count). The number of carboxylic acid groups (broad SMARTS) is 2. The molecule has 134 valence electrons. The first kappa shape index (κ1) is 21.1. The van der Waals surface area contributed by atoms with Crippen LogP contribution in [0.4, 0.5) is 0 Å². The molecule has 0 spiro atoms. The maximum absolute atomic E-state index is 10.6. The van der Waals surface area contributed by atoms with Crippen LogP contribution in [0, 0.1) is 0 Å². The summed E-state index contributed by atoms with van der Waals surface area (Å²) in [5.74, 6) is -2.13. The van der Waals surface area contributed by atoms with Crippen LogP contribution in [0.15, 0.2) is 12.5 Å².